The van der Waals surface area contributed by atoms with Gasteiger partial charge in [0, 0.05) is 10.9 Å². The van der Waals surface area contributed by atoms with E-state index in [9.17, 15) is 8.42 Å². The third-order valence-electron chi connectivity index (χ3n) is 3.44. The minimum atomic E-state index is -3.80. The molecule has 0 atom stereocenters. The van der Waals surface area contributed by atoms with Crippen LogP contribution in [0.4, 0.5) is 0 Å². The molecule has 0 aliphatic heterocycles. The number of methoxy groups -OCH3 is 1. The van der Waals surface area contributed by atoms with Crippen LogP contribution in [0.1, 0.15) is 5.56 Å². The highest BCUT2D eigenvalue weighted by atomic mass is 32.2. The molecule has 116 valence electrons. The highest BCUT2D eigenvalue weighted by Gasteiger charge is 2.15. The first-order chi connectivity index (χ1) is 10.9. The van der Waals surface area contributed by atoms with E-state index in [0.29, 0.717) is 33.5 Å². The minimum absolute atomic E-state index is 0.00626. The number of nitrogens with zero attached hydrogens (tertiary/aromatic N) is 2. The molecule has 0 fully saturated rings. The van der Waals surface area contributed by atoms with Crippen LogP contribution in [0.15, 0.2) is 41.3 Å². The minimum Gasteiger partial charge on any atom is -0.495 e. The Morgan fingerprint density at radius 2 is 2.09 bits per heavy atom. The number of sulfonamides is 1. The number of fused-ring (bicyclic) bond motifs is 1. The van der Waals surface area contributed by atoms with Gasteiger partial charge in [-0.3, -0.25) is 5.10 Å². The Morgan fingerprint density at radius 1 is 1.30 bits per heavy atom. The Labute approximate surface area is 132 Å². The normalized spacial score (nSPS) is 11.3. The number of aromatic amines is 1. The first-order valence-corrected chi connectivity index (χ1v) is 8.08. The molecule has 0 amide bonds. The second-order valence-electron chi connectivity index (χ2n) is 4.85. The van der Waals surface area contributed by atoms with Crippen LogP contribution in [-0.2, 0) is 10.0 Å². The Morgan fingerprint density at radius 3 is 2.74 bits per heavy atom. The van der Waals surface area contributed by atoms with Gasteiger partial charge in [-0.2, -0.15) is 10.4 Å². The number of nitriles is 1. The molecule has 3 rings (SSSR count). The molecule has 0 saturated carbocycles. The fourth-order valence-electron chi connectivity index (χ4n) is 2.34. The molecule has 0 radical (unpaired) electrons. The van der Waals surface area contributed by atoms with Crippen molar-refractivity contribution in [2.45, 2.75) is 4.90 Å². The Balaban J connectivity index is 2.24. The van der Waals surface area contributed by atoms with Crippen molar-refractivity contribution in [2.24, 2.45) is 5.14 Å². The van der Waals surface area contributed by atoms with Gasteiger partial charge in [0.25, 0.3) is 0 Å². The second-order valence-corrected chi connectivity index (χ2v) is 6.42. The number of nitrogens with one attached hydrogen (secondary N) is 1. The van der Waals surface area contributed by atoms with Crippen molar-refractivity contribution in [1.29, 1.82) is 5.26 Å². The molecule has 7 nitrogen and oxygen atoms in total. The molecule has 8 heteroatoms. The van der Waals surface area contributed by atoms with Crippen LogP contribution in [-0.4, -0.2) is 25.7 Å². The van der Waals surface area contributed by atoms with Crippen LogP contribution in [0.3, 0.4) is 0 Å². The van der Waals surface area contributed by atoms with Gasteiger partial charge in [0.15, 0.2) is 0 Å². The van der Waals surface area contributed by atoms with Crippen molar-refractivity contribution in [1.82, 2.24) is 10.2 Å². The van der Waals surface area contributed by atoms with Crippen LogP contribution in [0.2, 0.25) is 0 Å². The Hall–Kier alpha value is -2.89. The number of aromatic nitrogens is 2. The van der Waals surface area contributed by atoms with E-state index in [0.717, 1.165) is 0 Å². The maximum Gasteiger partial charge on any atom is 0.238 e. The number of rotatable bonds is 3. The third-order valence-corrected chi connectivity index (χ3v) is 4.35. The molecule has 23 heavy (non-hydrogen) atoms. The zero-order valence-electron chi connectivity index (χ0n) is 12.1. The van der Waals surface area contributed by atoms with E-state index >= 15 is 0 Å². The van der Waals surface area contributed by atoms with Crippen molar-refractivity contribution >= 4 is 20.9 Å². The van der Waals surface area contributed by atoms with Gasteiger partial charge in [-0.1, -0.05) is 12.1 Å². The Bertz CT molecular complexity index is 1050. The van der Waals surface area contributed by atoms with Gasteiger partial charge >= 0.3 is 0 Å². The maximum atomic E-state index is 11.5. The number of benzene rings is 2. The molecule has 0 unspecified atom stereocenters. The average molecular weight is 328 g/mol. The smallest absolute Gasteiger partial charge is 0.238 e. The highest BCUT2D eigenvalue weighted by molar-refractivity contribution is 7.89. The van der Waals surface area contributed by atoms with E-state index in [1.54, 1.807) is 24.3 Å². The number of hydrogen-bond acceptors (Lipinski definition) is 5. The first kappa shape index (κ1) is 15.0. The maximum absolute atomic E-state index is 11.5. The van der Waals surface area contributed by atoms with E-state index in [1.165, 1.54) is 19.2 Å². The summed E-state index contributed by atoms with van der Waals surface area (Å²) in [6.07, 6.45) is 0. The van der Waals surface area contributed by atoms with Gasteiger partial charge in [-0.15, -0.1) is 0 Å². The molecule has 1 heterocycles. The van der Waals surface area contributed by atoms with E-state index in [1.807, 2.05) is 6.07 Å². The predicted octanol–water partition coefficient (Wildman–Crippen LogP) is 1.76. The summed E-state index contributed by atoms with van der Waals surface area (Å²) >= 11 is 0. The lowest BCUT2D eigenvalue weighted by atomic mass is 10.1. The largest absolute Gasteiger partial charge is 0.495 e. The number of hydrogen-bond donors (Lipinski definition) is 2. The van der Waals surface area contributed by atoms with E-state index in [-0.39, 0.29) is 4.90 Å². The van der Waals surface area contributed by atoms with Crippen molar-refractivity contribution in [3.63, 3.8) is 0 Å². The number of H-pyrrole nitrogens is 1. The summed E-state index contributed by atoms with van der Waals surface area (Å²) in [6.45, 7) is 0. The van der Waals surface area contributed by atoms with Crippen LogP contribution >= 0.6 is 0 Å². The van der Waals surface area contributed by atoms with Crippen LogP contribution in [0.25, 0.3) is 22.2 Å². The molecule has 1 aromatic heterocycles. The summed E-state index contributed by atoms with van der Waals surface area (Å²) in [5.74, 6) is 0.422. The molecule has 0 aliphatic rings. The molecule has 3 N–H and O–H groups in total. The van der Waals surface area contributed by atoms with Gasteiger partial charge < -0.3 is 4.74 Å². The van der Waals surface area contributed by atoms with Crippen LogP contribution in [0.5, 0.6) is 5.75 Å². The molecular weight excluding hydrogens is 316 g/mol. The molecule has 0 spiro atoms. The highest BCUT2D eigenvalue weighted by Crippen LogP contribution is 2.32. The number of primary sulfonamides is 1. The standard InChI is InChI=1S/C15H12N4O3S/c1-22-14-7-12-13(6-10(14)8-16)18-19-15(12)9-3-2-4-11(5-9)23(17,20)21/h2-7H,1H3,(H,18,19)(H2,17,20,21). The summed E-state index contributed by atoms with van der Waals surface area (Å²) in [5.41, 5.74) is 2.18. The summed E-state index contributed by atoms with van der Waals surface area (Å²) in [5, 5.41) is 22.0. The van der Waals surface area contributed by atoms with E-state index in [2.05, 4.69) is 10.2 Å². The van der Waals surface area contributed by atoms with Gasteiger partial charge in [0.1, 0.15) is 17.5 Å². The molecule has 3 aromatic rings. The molecule has 0 saturated heterocycles. The zero-order valence-corrected chi connectivity index (χ0v) is 12.9. The van der Waals surface area contributed by atoms with Gasteiger partial charge in [0.05, 0.1) is 23.1 Å². The number of ether oxygens (including phenoxy) is 1. The lowest BCUT2D eigenvalue weighted by Crippen LogP contribution is -2.11. The SMILES string of the molecule is COc1cc2c(-c3cccc(S(N)(=O)=O)c3)n[nH]c2cc1C#N. The monoisotopic (exact) mass is 328 g/mol. The fourth-order valence-corrected chi connectivity index (χ4v) is 2.90. The average Bonchev–Trinajstić information content (AvgIpc) is 2.95. The zero-order chi connectivity index (χ0) is 16.6. The molecular formula is C15H12N4O3S. The Kier molecular flexibility index (Phi) is 3.52. The van der Waals surface area contributed by atoms with Crippen molar-refractivity contribution in [3.8, 4) is 23.1 Å². The van der Waals surface area contributed by atoms with E-state index in [4.69, 9.17) is 15.1 Å². The first-order valence-electron chi connectivity index (χ1n) is 6.53. The van der Waals surface area contributed by atoms with Gasteiger partial charge in [-0.25, -0.2) is 13.6 Å². The number of nitrogens with two attached hydrogens (primary N) is 1. The summed E-state index contributed by atoms with van der Waals surface area (Å²) in [7, 11) is -2.32. The fraction of sp³-hybridized carbons (Fsp3) is 0.0667. The second kappa shape index (κ2) is 5.39. The topological polar surface area (TPSA) is 122 Å². The lowest BCUT2D eigenvalue weighted by Gasteiger charge is -2.04. The summed E-state index contributed by atoms with van der Waals surface area (Å²) in [4.78, 5) is 0.00626. The van der Waals surface area contributed by atoms with Crippen LogP contribution < -0.4 is 9.88 Å². The van der Waals surface area contributed by atoms with Gasteiger partial charge in [-0.05, 0) is 24.3 Å². The predicted molar refractivity (Wildman–Crippen MR) is 84.2 cm³/mol. The van der Waals surface area contributed by atoms with Gasteiger partial charge in [0.2, 0.25) is 10.0 Å². The van der Waals surface area contributed by atoms with E-state index < -0.39 is 10.0 Å². The third kappa shape index (κ3) is 2.63. The quantitative estimate of drug-likeness (QED) is 0.758. The summed E-state index contributed by atoms with van der Waals surface area (Å²) in [6, 6.07) is 11.6. The molecule has 2 aromatic carbocycles. The van der Waals surface area contributed by atoms with Crippen molar-refractivity contribution in [3.05, 3.63) is 42.0 Å². The lowest BCUT2D eigenvalue weighted by molar-refractivity contribution is 0.414. The molecule has 0 bridgehead atoms. The van der Waals surface area contributed by atoms with Crippen molar-refractivity contribution in [2.75, 3.05) is 7.11 Å². The van der Waals surface area contributed by atoms with Crippen molar-refractivity contribution < 1.29 is 13.2 Å². The van der Waals surface area contributed by atoms with Crippen LogP contribution in [0, 0.1) is 11.3 Å². The summed E-state index contributed by atoms with van der Waals surface area (Å²) < 4.78 is 28.2. The molecule has 0 aliphatic carbocycles.